The van der Waals surface area contributed by atoms with Crippen LogP contribution in [0.3, 0.4) is 0 Å². The van der Waals surface area contributed by atoms with Crippen molar-refractivity contribution in [2.75, 3.05) is 0 Å². The summed E-state index contributed by atoms with van der Waals surface area (Å²) in [6.45, 7) is 0. The lowest BCUT2D eigenvalue weighted by Crippen LogP contribution is -1.89. The van der Waals surface area contributed by atoms with Crippen LogP contribution in [0.15, 0.2) is 77.2 Å². The maximum atomic E-state index is 12.8. The maximum Gasteiger partial charge on any atom is 0.221 e. The number of hydrogen-bond acceptors (Lipinski definition) is 2. The second-order valence-electron chi connectivity index (χ2n) is 4.78. The van der Waals surface area contributed by atoms with Crippen molar-refractivity contribution >= 4 is 22.8 Å². The molecule has 0 fully saturated rings. The van der Waals surface area contributed by atoms with Crippen molar-refractivity contribution in [1.29, 1.82) is 0 Å². The highest BCUT2D eigenvalue weighted by molar-refractivity contribution is 6.05. The molecule has 3 heteroatoms. The van der Waals surface area contributed by atoms with Crippen molar-refractivity contribution in [3.8, 4) is 0 Å². The normalized spacial score (nSPS) is 11.7. The largest absolute Gasteiger partial charge is 0.453 e. The number of ketones is 1. The van der Waals surface area contributed by atoms with E-state index in [9.17, 15) is 9.18 Å². The minimum Gasteiger partial charge on any atom is -0.453 e. The van der Waals surface area contributed by atoms with E-state index >= 15 is 0 Å². The molecule has 0 N–H and O–H groups in total. The number of allylic oxidation sites excluding steroid dienone is 3. The van der Waals surface area contributed by atoms with E-state index in [1.54, 1.807) is 36.4 Å². The molecule has 0 radical (unpaired) electrons. The van der Waals surface area contributed by atoms with Crippen LogP contribution in [0.25, 0.3) is 17.0 Å². The summed E-state index contributed by atoms with van der Waals surface area (Å²) in [5.41, 5.74) is 1.56. The fourth-order valence-corrected chi connectivity index (χ4v) is 2.07. The summed E-state index contributed by atoms with van der Waals surface area (Å²) in [6.07, 6.45) is 6.60. The summed E-state index contributed by atoms with van der Waals surface area (Å²) in [4.78, 5) is 12.0. The molecule has 1 aromatic heterocycles. The van der Waals surface area contributed by atoms with Crippen molar-refractivity contribution in [1.82, 2.24) is 0 Å². The Morgan fingerprint density at radius 2 is 1.77 bits per heavy atom. The van der Waals surface area contributed by atoms with E-state index in [4.69, 9.17) is 4.42 Å². The average molecular weight is 292 g/mol. The SMILES string of the molecule is O=C(/C=C/C=C/c1ccc(F)cc1)c1cc2ccccc2o1. The Balaban J connectivity index is 1.69. The van der Waals surface area contributed by atoms with Crippen LogP contribution in [0.2, 0.25) is 0 Å². The Morgan fingerprint density at radius 1 is 1.00 bits per heavy atom. The topological polar surface area (TPSA) is 30.2 Å². The average Bonchev–Trinajstić information content (AvgIpc) is 2.97. The highest BCUT2D eigenvalue weighted by atomic mass is 19.1. The number of halogens is 1. The highest BCUT2D eigenvalue weighted by Crippen LogP contribution is 2.19. The van der Waals surface area contributed by atoms with E-state index in [1.807, 2.05) is 24.3 Å². The molecule has 0 aliphatic heterocycles. The molecule has 0 aliphatic carbocycles. The van der Waals surface area contributed by atoms with E-state index in [-0.39, 0.29) is 11.6 Å². The highest BCUT2D eigenvalue weighted by Gasteiger charge is 2.08. The third-order valence-corrected chi connectivity index (χ3v) is 3.19. The van der Waals surface area contributed by atoms with Gasteiger partial charge >= 0.3 is 0 Å². The van der Waals surface area contributed by atoms with Gasteiger partial charge in [0.05, 0.1) is 0 Å². The van der Waals surface area contributed by atoms with Crippen LogP contribution in [0.5, 0.6) is 0 Å². The minimum atomic E-state index is -0.271. The lowest BCUT2D eigenvalue weighted by molar-refractivity contribution is 0.102. The van der Waals surface area contributed by atoms with Gasteiger partial charge in [0.15, 0.2) is 5.76 Å². The first kappa shape index (κ1) is 14.0. The fourth-order valence-electron chi connectivity index (χ4n) is 2.07. The minimum absolute atomic E-state index is 0.194. The van der Waals surface area contributed by atoms with E-state index in [1.165, 1.54) is 18.2 Å². The first-order valence-electron chi connectivity index (χ1n) is 6.85. The van der Waals surface area contributed by atoms with Crippen LogP contribution in [0, 0.1) is 5.82 Å². The van der Waals surface area contributed by atoms with Gasteiger partial charge in [0, 0.05) is 5.39 Å². The molecular formula is C19H13FO2. The van der Waals surface area contributed by atoms with Crippen LogP contribution < -0.4 is 0 Å². The lowest BCUT2D eigenvalue weighted by Gasteiger charge is -1.91. The Kier molecular flexibility index (Phi) is 3.97. The number of fused-ring (bicyclic) bond motifs is 1. The third kappa shape index (κ3) is 3.20. The molecule has 22 heavy (non-hydrogen) atoms. The van der Waals surface area contributed by atoms with Crippen LogP contribution in [0.1, 0.15) is 16.1 Å². The molecule has 0 atom stereocenters. The number of hydrogen-bond donors (Lipinski definition) is 0. The molecule has 1 heterocycles. The summed E-state index contributed by atoms with van der Waals surface area (Å²) in [7, 11) is 0. The van der Waals surface area contributed by atoms with Crippen molar-refractivity contribution in [2.45, 2.75) is 0 Å². The van der Waals surface area contributed by atoms with Crippen molar-refractivity contribution in [3.63, 3.8) is 0 Å². The first-order chi connectivity index (χ1) is 10.7. The molecular weight excluding hydrogens is 279 g/mol. The number of benzene rings is 2. The number of carbonyl (C=O) groups is 1. The zero-order chi connectivity index (χ0) is 15.4. The number of rotatable bonds is 4. The molecule has 108 valence electrons. The lowest BCUT2D eigenvalue weighted by atomic mass is 10.2. The van der Waals surface area contributed by atoms with E-state index < -0.39 is 0 Å². The Bertz CT molecular complexity index is 822. The second kappa shape index (κ2) is 6.22. The summed E-state index contributed by atoms with van der Waals surface area (Å²) >= 11 is 0. The van der Waals surface area contributed by atoms with Crippen molar-refractivity contribution in [2.24, 2.45) is 0 Å². The number of furan rings is 1. The Morgan fingerprint density at radius 3 is 2.55 bits per heavy atom. The van der Waals surface area contributed by atoms with E-state index in [0.29, 0.717) is 11.3 Å². The number of para-hydroxylation sites is 1. The molecule has 0 amide bonds. The summed E-state index contributed by atoms with van der Waals surface area (Å²) in [5.74, 6) is -0.152. The van der Waals surface area contributed by atoms with Gasteiger partial charge in [-0.2, -0.15) is 0 Å². The van der Waals surface area contributed by atoms with Gasteiger partial charge in [0.25, 0.3) is 0 Å². The van der Waals surface area contributed by atoms with Gasteiger partial charge < -0.3 is 4.42 Å². The van der Waals surface area contributed by atoms with Crippen molar-refractivity contribution in [3.05, 3.63) is 90.0 Å². The molecule has 0 spiro atoms. The molecule has 3 rings (SSSR count). The molecule has 2 nitrogen and oxygen atoms in total. The zero-order valence-electron chi connectivity index (χ0n) is 11.7. The molecule has 0 bridgehead atoms. The molecule has 0 saturated heterocycles. The van der Waals surface area contributed by atoms with Gasteiger partial charge in [0.1, 0.15) is 11.4 Å². The molecule has 0 aliphatic rings. The van der Waals surface area contributed by atoms with Gasteiger partial charge in [-0.15, -0.1) is 0 Å². The summed E-state index contributed by atoms with van der Waals surface area (Å²) in [5, 5.41) is 0.904. The summed E-state index contributed by atoms with van der Waals surface area (Å²) in [6, 6.07) is 15.3. The summed E-state index contributed by atoms with van der Waals surface area (Å²) < 4.78 is 18.3. The smallest absolute Gasteiger partial charge is 0.221 e. The predicted octanol–water partition coefficient (Wildman–Crippen LogP) is 5.02. The van der Waals surface area contributed by atoms with Gasteiger partial charge in [0.2, 0.25) is 5.78 Å². The second-order valence-corrected chi connectivity index (χ2v) is 4.78. The molecule has 3 aromatic rings. The van der Waals surface area contributed by atoms with E-state index in [0.717, 1.165) is 10.9 Å². The zero-order valence-corrected chi connectivity index (χ0v) is 11.7. The quantitative estimate of drug-likeness (QED) is 0.384. The van der Waals surface area contributed by atoms with Gasteiger partial charge in [-0.3, -0.25) is 4.79 Å². The third-order valence-electron chi connectivity index (χ3n) is 3.19. The van der Waals surface area contributed by atoms with Crippen LogP contribution in [-0.2, 0) is 0 Å². The predicted molar refractivity (Wildman–Crippen MR) is 85.1 cm³/mol. The van der Waals surface area contributed by atoms with Gasteiger partial charge in [-0.1, -0.05) is 48.6 Å². The Labute approximate surface area is 127 Å². The van der Waals surface area contributed by atoms with Crippen LogP contribution in [-0.4, -0.2) is 5.78 Å². The first-order valence-corrected chi connectivity index (χ1v) is 6.85. The van der Waals surface area contributed by atoms with Gasteiger partial charge in [-0.25, -0.2) is 4.39 Å². The molecule has 0 unspecified atom stereocenters. The standard InChI is InChI=1S/C19H13FO2/c20-16-11-9-14(10-12-16)5-1-3-7-17(21)19-13-15-6-2-4-8-18(15)22-19/h1-13H/b5-1+,7-3+. The molecule has 0 saturated carbocycles. The van der Waals surface area contributed by atoms with Crippen LogP contribution >= 0.6 is 0 Å². The van der Waals surface area contributed by atoms with Gasteiger partial charge in [-0.05, 0) is 35.9 Å². The number of carbonyl (C=O) groups excluding carboxylic acids is 1. The van der Waals surface area contributed by atoms with Crippen LogP contribution in [0.4, 0.5) is 4.39 Å². The van der Waals surface area contributed by atoms with E-state index in [2.05, 4.69) is 0 Å². The molecule has 2 aromatic carbocycles. The maximum absolute atomic E-state index is 12.8. The fraction of sp³-hybridized carbons (Fsp3) is 0. The monoisotopic (exact) mass is 292 g/mol. The Hall–Kier alpha value is -2.94. The van der Waals surface area contributed by atoms with Crippen molar-refractivity contribution < 1.29 is 13.6 Å².